The van der Waals surface area contributed by atoms with Crippen LogP contribution >= 0.6 is 23.7 Å². The van der Waals surface area contributed by atoms with Crippen molar-refractivity contribution >= 4 is 35.6 Å². The summed E-state index contributed by atoms with van der Waals surface area (Å²) in [6.45, 7) is 2.23. The maximum atomic E-state index is 12.1. The zero-order valence-electron chi connectivity index (χ0n) is 13.1. The molecule has 1 fully saturated rings. The first kappa shape index (κ1) is 18.4. The first-order chi connectivity index (χ1) is 11.2. The lowest BCUT2D eigenvalue weighted by atomic mass is 10.1. The number of hydrogen-bond donors (Lipinski definition) is 3. The van der Waals surface area contributed by atoms with Crippen LogP contribution in [-0.2, 0) is 6.54 Å². The van der Waals surface area contributed by atoms with Crippen molar-refractivity contribution in [1.29, 1.82) is 0 Å². The summed E-state index contributed by atoms with van der Waals surface area (Å²) in [6.07, 6.45) is 0.971. The van der Waals surface area contributed by atoms with Crippen LogP contribution in [0, 0.1) is 0 Å². The quantitative estimate of drug-likeness (QED) is 0.760. The molecule has 0 aliphatic carbocycles. The molecule has 1 aromatic carbocycles. The molecule has 1 aliphatic heterocycles. The monoisotopic (exact) mass is 365 g/mol. The largest absolute Gasteiger partial charge is 0.348 e. The minimum absolute atomic E-state index is 0. The van der Waals surface area contributed by atoms with E-state index >= 15 is 0 Å². The Morgan fingerprint density at radius 3 is 2.58 bits per heavy atom. The molecule has 24 heavy (non-hydrogen) atoms. The Labute approximate surface area is 151 Å². The molecule has 3 N–H and O–H groups in total. The predicted molar refractivity (Wildman–Crippen MR) is 97.9 cm³/mol. The zero-order valence-corrected chi connectivity index (χ0v) is 14.7. The second-order valence-electron chi connectivity index (χ2n) is 5.52. The van der Waals surface area contributed by atoms with Crippen molar-refractivity contribution in [2.75, 3.05) is 13.1 Å². The molecule has 5 nitrogen and oxygen atoms in total. The van der Waals surface area contributed by atoms with Crippen LogP contribution in [0.25, 0.3) is 0 Å². The van der Waals surface area contributed by atoms with Crippen LogP contribution in [0.1, 0.15) is 32.0 Å². The topological polar surface area (TPSA) is 70.2 Å². The van der Waals surface area contributed by atoms with E-state index in [2.05, 4.69) is 16.0 Å². The number of carbonyl (C=O) groups is 2. The van der Waals surface area contributed by atoms with Crippen LogP contribution in [0.15, 0.2) is 41.8 Å². The Morgan fingerprint density at radius 2 is 1.96 bits per heavy atom. The van der Waals surface area contributed by atoms with Gasteiger partial charge in [-0.2, -0.15) is 0 Å². The summed E-state index contributed by atoms with van der Waals surface area (Å²) >= 11 is 1.42. The zero-order chi connectivity index (χ0) is 16.1. The number of hydrogen-bond acceptors (Lipinski definition) is 4. The molecule has 2 amide bonds. The number of carbonyl (C=O) groups excluding carboxylic acids is 2. The van der Waals surface area contributed by atoms with Crippen LogP contribution in [0.2, 0.25) is 0 Å². The molecule has 2 heterocycles. The molecule has 1 aromatic heterocycles. The highest BCUT2D eigenvalue weighted by Crippen LogP contribution is 2.09. The maximum Gasteiger partial charge on any atom is 0.261 e. The standard InChI is InChI=1S/C17H19N3O2S.ClH/c21-16(20-14-7-8-18-11-14)13-5-3-12(4-6-13)10-19-17(22)15-2-1-9-23-15;/h1-6,9,14,18H,7-8,10-11H2,(H,19,22)(H,20,21);1H. The number of benzene rings is 1. The Balaban J connectivity index is 0.00000208. The van der Waals surface area contributed by atoms with Gasteiger partial charge in [-0.1, -0.05) is 18.2 Å². The van der Waals surface area contributed by atoms with Crippen molar-refractivity contribution in [1.82, 2.24) is 16.0 Å². The van der Waals surface area contributed by atoms with Gasteiger partial charge in [0.05, 0.1) is 4.88 Å². The second kappa shape index (κ2) is 8.82. The highest BCUT2D eigenvalue weighted by Gasteiger charge is 2.17. The van der Waals surface area contributed by atoms with E-state index in [-0.39, 0.29) is 30.3 Å². The molecule has 0 spiro atoms. The van der Waals surface area contributed by atoms with E-state index < -0.39 is 0 Å². The van der Waals surface area contributed by atoms with Crippen LogP contribution < -0.4 is 16.0 Å². The molecule has 1 aliphatic rings. The first-order valence-corrected chi connectivity index (χ1v) is 8.52. The smallest absolute Gasteiger partial charge is 0.261 e. The van der Waals surface area contributed by atoms with Gasteiger partial charge in [-0.3, -0.25) is 9.59 Å². The van der Waals surface area contributed by atoms with Crippen LogP contribution in [-0.4, -0.2) is 30.9 Å². The SMILES string of the molecule is Cl.O=C(NC1CCNC1)c1ccc(CNC(=O)c2cccs2)cc1. The van der Waals surface area contributed by atoms with Crippen LogP contribution in [0.5, 0.6) is 0 Å². The maximum absolute atomic E-state index is 12.1. The summed E-state index contributed by atoms with van der Waals surface area (Å²) in [7, 11) is 0. The van der Waals surface area contributed by atoms with Crippen molar-refractivity contribution in [3.63, 3.8) is 0 Å². The number of amides is 2. The third kappa shape index (κ3) is 4.80. The van der Waals surface area contributed by atoms with Gasteiger partial charge < -0.3 is 16.0 Å². The third-order valence-corrected chi connectivity index (χ3v) is 4.68. The molecular formula is C17H20ClN3O2S. The van der Waals surface area contributed by atoms with Crippen molar-refractivity contribution in [3.05, 3.63) is 57.8 Å². The lowest BCUT2D eigenvalue weighted by Gasteiger charge is -2.11. The average molecular weight is 366 g/mol. The molecular weight excluding hydrogens is 346 g/mol. The number of halogens is 1. The lowest BCUT2D eigenvalue weighted by Crippen LogP contribution is -2.36. The summed E-state index contributed by atoms with van der Waals surface area (Å²) in [5.74, 6) is -0.122. The third-order valence-electron chi connectivity index (χ3n) is 3.81. The minimum atomic E-state index is -0.0736. The Morgan fingerprint density at radius 1 is 1.17 bits per heavy atom. The van der Waals surface area contributed by atoms with Gasteiger partial charge in [-0.25, -0.2) is 0 Å². The van der Waals surface area contributed by atoms with Crippen molar-refractivity contribution in [2.24, 2.45) is 0 Å². The number of nitrogens with one attached hydrogen (secondary N) is 3. The van der Waals surface area contributed by atoms with Crippen molar-refractivity contribution in [2.45, 2.75) is 19.0 Å². The molecule has 1 unspecified atom stereocenters. The second-order valence-corrected chi connectivity index (χ2v) is 6.47. The summed E-state index contributed by atoms with van der Waals surface area (Å²) in [4.78, 5) is 24.7. The van der Waals surface area contributed by atoms with E-state index in [9.17, 15) is 9.59 Å². The van der Waals surface area contributed by atoms with E-state index in [1.807, 2.05) is 23.6 Å². The summed E-state index contributed by atoms with van der Waals surface area (Å²) in [6, 6.07) is 11.2. The minimum Gasteiger partial charge on any atom is -0.348 e. The molecule has 1 saturated heterocycles. The van der Waals surface area contributed by atoms with Gasteiger partial charge in [0.2, 0.25) is 0 Å². The Bertz CT molecular complexity index is 668. The lowest BCUT2D eigenvalue weighted by molar-refractivity contribution is 0.0935. The van der Waals surface area contributed by atoms with Crippen molar-refractivity contribution in [3.8, 4) is 0 Å². The number of rotatable bonds is 5. The van der Waals surface area contributed by atoms with Crippen LogP contribution in [0.3, 0.4) is 0 Å². The van der Waals surface area contributed by atoms with E-state index in [1.54, 1.807) is 18.2 Å². The highest BCUT2D eigenvalue weighted by atomic mass is 35.5. The van der Waals surface area contributed by atoms with Gasteiger partial charge >= 0.3 is 0 Å². The first-order valence-electron chi connectivity index (χ1n) is 7.64. The van der Waals surface area contributed by atoms with E-state index in [4.69, 9.17) is 0 Å². The molecule has 128 valence electrons. The predicted octanol–water partition coefficient (Wildman–Crippen LogP) is 2.19. The van der Waals surface area contributed by atoms with Crippen LogP contribution in [0.4, 0.5) is 0 Å². The molecule has 1 atom stereocenters. The Hall–Kier alpha value is -1.89. The van der Waals surface area contributed by atoms with Gasteiger partial charge in [0.1, 0.15) is 0 Å². The fourth-order valence-corrected chi connectivity index (χ4v) is 3.14. The van der Waals surface area contributed by atoms with Gasteiger partial charge in [-0.15, -0.1) is 23.7 Å². The van der Waals surface area contributed by atoms with Crippen molar-refractivity contribution < 1.29 is 9.59 Å². The van der Waals surface area contributed by atoms with E-state index in [0.717, 1.165) is 25.1 Å². The van der Waals surface area contributed by atoms with E-state index in [0.29, 0.717) is 17.0 Å². The normalized spacial score (nSPS) is 16.2. The Kier molecular flexibility index (Phi) is 6.78. The molecule has 0 radical (unpaired) electrons. The van der Waals surface area contributed by atoms with Gasteiger partial charge in [0.15, 0.2) is 0 Å². The highest BCUT2D eigenvalue weighted by molar-refractivity contribution is 7.12. The van der Waals surface area contributed by atoms with E-state index in [1.165, 1.54) is 11.3 Å². The van der Waals surface area contributed by atoms with Gasteiger partial charge in [0, 0.05) is 24.7 Å². The van der Waals surface area contributed by atoms with Gasteiger partial charge in [-0.05, 0) is 42.1 Å². The summed E-state index contributed by atoms with van der Waals surface area (Å²) in [5.41, 5.74) is 1.61. The molecule has 0 saturated carbocycles. The molecule has 3 rings (SSSR count). The molecule has 7 heteroatoms. The fraction of sp³-hybridized carbons (Fsp3) is 0.294. The van der Waals surface area contributed by atoms with Gasteiger partial charge in [0.25, 0.3) is 11.8 Å². The number of thiophene rings is 1. The fourth-order valence-electron chi connectivity index (χ4n) is 2.50. The molecule has 2 aromatic rings. The molecule has 0 bridgehead atoms. The average Bonchev–Trinajstić information content (AvgIpc) is 3.26. The summed E-state index contributed by atoms with van der Waals surface area (Å²) in [5, 5.41) is 11.0. The summed E-state index contributed by atoms with van der Waals surface area (Å²) < 4.78 is 0.